The topological polar surface area (TPSA) is 75.5 Å². The zero-order chi connectivity index (χ0) is 14.4. The van der Waals surface area contributed by atoms with E-state index in [1.54, 1.807) is 11.0 Å². The molecule has 7 heteroatoms. The van der Waals surface area contributed by atoms with Crippen LogP contribution in [0, 0.1) is 10.1 Å². The number of thiophene rings is 1. The minimum atomic E-state index is -0.404. The molecule has 0 fully saturated rings. The van der Waals surface area contributed by atoms with Crippen molar-refractivity contribution in [2.75, 3.05) is 13.1 Å². The number of nitrogens with one attached hydrogen (secondary N) is 1. The lowest BCUT2D eigenvalue weighted by molar-refractivity contribution is -0.380. The fraction of sp³-hybridized carbons (Fsp3) is 0.583. The highest BCUT2D eigenvalue weighted by atomic mass is 32.1. The molecule has 0 spiro atoms. The molecule has 0 aliphatic carbocycles. The summed E-state index contributed by atoms with van der Waals surface area (Å²) in [5.41, 5.74) is 0. The van der Waals surface area contributed by atoms with Gasteiger partial charge >= 0.3 is 5.00 Å². The molecular formula is C12H19N3O3S. The Morgan fingerprint density at radius 1 is 1.47 bits per heavy atom. The summed E-state index contributed by atoms with van der Waals surface area (Å²) < 4.78 is 0. The van der Waals surface area contributed by atoms with Crippen LogP contribution < -0.4 is 5.32 Å². The van der Waals surface area contributed by atoms with Crippen molar-refractivity contribution in [1.82, 2.24) is 10.2 Å². The quantitative estimate of drug-likeness (QED) is 0.614. The highest BCUT2D eigenvalue weighted by Gasteiger charge is 2.18. The van der Waals surface area contributed by atoms with E-state index in [4.69, 9.17) is 0 Å². The standard InChI is InChI=1S/C12H19N3O3S/c1-4-14(5-2)12(16)9(3)13-8-10-6-7-11(19-10)15(17)18/h6-7,9,13H,4-5,8H2,1-3H3. The fourth-order valence-corrected chi connectivity index (χ4v) is 2.48. The smallest absolute Gasteiger partial charge is 0.324 e. The second-order valence-electron chi connectivity index (χ2n) is 4.11. The Kier molecular flexibility index (Phi) is 5.91. The Balaban J connectivity index is 2.51. The van der Waals surface area contributed by atoms with Crippen LogP contribution in [0.15, 0.2) is 12.1 Å². The van der Waals surface area contributed by atoms with Gasteiger partial charge in [0.25, 0.3) is 0 Å². The lowest BCUT2D eigenvalue weighted by atomic mass is 10.2. The highest BCUT2D eigenvalue weighted by Crippen LogP contribution is 2.23. The average Bonchev–Trinajstić information content (AvgIpc) is 2.86. The lowest BCUT2D eigenvalue weighted by Crippen LogP contribution is -2.44. The summed E-state index contributed by atoms with van der Waals surface area (Å²) >= 11 is 1.13. The van der Waals surface area contributed by atoms with Crippen molar-refractivity contribution in [3.8, 4) is 0 Å². The van der Waals surface area contributed by atoms with Crippen molar-refractivity contribution in [3.63, 3.8) is 0 Å². The van der Waals surface area contributed by atoms with Crippen LogP contribution in [0.5, 0.6) is 0 Å². The maximum atomic E-state index is 12.0. The number of nitrogens with zero attached hydrogens (tertiary/aromatic N) is 2. The monoisotopic (exact) mass is 285 g/mol. The van der Waals surface area contributed by atoms with Gasteiger partial charge in [-0.15, -0.1) is 0 Å². The van der Waals surface area contributed by atoms with E-state index in [0.29, 0.717) is 19.6 Å². The van der Waals surface area contributed by atoms with E-state index in [-0.39, 0.29) is 17.0 Å². The Morgan fingerprint density at radius 2 is 2.11 bits per heavy atom. The number of hydrogen-bond donors (Lipinski definition) is 1. The summed E-state index contributed by atoms with van der Waals surface area (Å²) in [7, 11) is 0. The number of nitro groups is 1. The van der Waals surface area contributed by atoms with Gasteiger partial charge in [-0.05, 0) is 26.8 Å². The Morgan fingerprint density at radius 3 is 2.58 bits per heavy atom. The van der Waals surface area contributed by atoms with Gasteiger partial charge in [0, 0.05) is 30.6 Å². The van der Waals surface area contributed by atoms with Gasteiger partial charge in [0.15, 0.2) is 0 Å². The third-order valence-electron chi connectivity index (χ3n) is 2.86. The molecule has 0 aromatic carbocycles. The van der Waals surface area contributed by atoms with E-state index in [0.717, 1.165) is 16.2 Å². The number of likely N-dealkylation sites (N-methyl/N-ethyl adjacent to an activating group) is 1. The molecule has 0 aliphatic heterocycles. The van der Waals surface area contributed by atoms with Crippen LogP contribution in [0.25, 0.3) is 0 Å². The van der Waals surface area contributed by atoms with Crippen molar-refractivity contribution >= 4 is 22.2 Å². The summed E-state index contributed by atoms with van der Waals surface area (Å²) in [5, 5.41) is 13.8. The first-order valence-electron chi connectivity index (χ1n) is 6.24. The summed E-state index contributed by atoms with van der Waals surface area (Å²) in [4.78, 5) is 24.8. The molecule has 1 rings (SSSR count). The van der Waals surface area contributed by atoms with Gasteiger partial charge in [0.05, 0.1) is 11.0 Å². The number of carbonyl (C=O) groups excluding carboxylic acids is 1. The first-order valence-corrected chi connectivity index (χ1v) is 7.06. The van der Waals surface area contributed by atoms with Crippen molar-refractivity contribution in [1.29, 1.82) is 0 Å². The van der Waals surface area contributed by atoms with Crippen molar-refractivity contribution in [3.05, 3.63) is 27.1 Å². The third-order valence-corrected chi connectivity index (χ3v) is 3.89. The van der Waals surface area contributed by atoms with Gasteiger partial charge in [-0.3, -0.25) is 14.9 Å². The Bertz CT molecular complexity index is 443. The lowest BCUT2D eigenvalue weighted by Gasteiger charge is -2.23. The van der Waals surface area contributed by atoms with Crippen LogP contribution in [-0.2, 0) is 11.3 Å². The molecule has 0 radical (unpaired) electrons. The largest absolute Gasteiger partial charge is 0.342 e. The second-order valence-corrected chi connectivity index (χ2v) is 5.26. The first kappa shape index (κ1) is 15.6. The van der Waals surface area contributed by atoms with Crippen LogP contribution in [0.3, 0.4) is 0 Å². The van der Waals surface area contributed by atoms with Crippen LogP contribution in [0.4, 0.5) is 5.00 Å². The van der Waals surface area contributed by atoms with E-state index < -0.39 is 4.92 Å². The molecule has 1 amide bonds. The van der Waals surface area contributed by atoms with Gasteiger partial charge in [0.1, 0.15) is 0 Å². The summed E-state index contributed by atoms with van der Waals surface area (Å²) in [5.74, 6) is 0.0519. The summed E-state index contributed by atoms with van der Waals surface area (Å²) in [6, 6.07) is 2.91. The molecule has 6 nitrogen and oxygen atoms in total. The van der Waals surface area contributed by atoms with Crippen molar-refractivity contribution in [2.45, 2.75) is 33.4 Å². The maximum absolute atomic E-state index is 12.0. The zero-order valence-electron chi connectivity index (χ0n) is 11.4. The minimum absolute atomic E-state index is 0.0519. The molecule has 1 unspecified atom stereocenters. The van der Waals surface area contributed by atoms with Gasteiger partial charge in [-0.2, -0.15) is 0 Å². The van der Waals surface area contributed by atoms with Gasteiger partial charge in [0.2, 0.25) is 5.91 Å². The van der Waals surface area contributed by atoms with Crippen LogP contribution in [0.2, 0.25) is 0 Å². The predicted octanol–water partition coefficient (Wildman–Crippen LogP) is 2.00. The molecule has 1 aromatic rings. The Labute approximate surface area is 116 Å². The molecule has 0 aliphatic rings. The molecule has 1 atom stereocenters. The highest BCUT2D eigenvalue weighted by molar-refractivity contribution is 7.15. The second kappa shape index (κ2) is 7.20. The number of carbonyl (C=O) groups is 1. The fourth-order valence-electron chi connectivity index (χ4n) is 1.71. The molecule has 1 heterocycles. The predicted molar refractivity (Wildman–Crippen MR) is 75.2 cm³/mol. The summed E-state index contributed by atoms with van der Waals surface area (Å²) in [6.45, 7) is 7.53. The molecule has 106 valence electrons. The minimum Gasteiger partial charge on any atom is -0.342 e. The number of rotatable bonds is 7. The zero-order valence-corrected chi connectivity index (χ0v) is 12.2. The van der Waals surface area contributed by atoms with E-state index in [9.17, 15) is 14.9 Å². The number of hydrogen-bond acceptors (Lipinski definition) is 5. The normalized spacial score (nSPS) is 12.2. The van der Waals surface area contributed by atoms with Gasteiger partial charge in [-0.25, -0.2) is 0 Å². The van der Waals surface area contributed by atoms with E-state index in [1.807, 2.05) is 20.8 Å². The SMILES string of the molecule is CCN(CC)C(=O)C(C)NCc1ccc([N+](=O)[O-])s1. The van der Waals surface area contributed by atoms with Crippen molar-refractivity contribution in [2.24, 2.45) is 0 Å². The molecule has 0 saturated carbocycles. The average molecular weight is 285 g/mol. The van der Waals surface area contributed by atoms with E-state index in [2.05, 4.69) is 5.32 Å². The Hall–Kier alpha value is -1.47. The molecule has 1 N–H and O–H groups in total. The van der Waals surface area contributed by atoms with Crippen LogP contribution in [-0.4, -0.2) is 34.9 Å². The summed E-state index contributed by atoms with van der Waals surface area (Å²) in [6.07, 6.45) is 0. The van der Waals surface area contributed by atoms with Crippen LogP contribution in [0.1, 0.15) is 25.6 Å². The molecular weight excluding hydrogens is 266 g/mol. The first-order chi connectivity index (χ1) is 8.99. The van der Waals surface area contributed by atoms with E-state index in [1.165, 1.54) is 6.07 Å². The maximum Gasteiger partial charge on any atom is 0.324 e. The molecule has 0 bridgehead atoms. The van der Waals surface area contributed by atoms with Gasteiger partial charge < -0.3 is 10.2 Å². The molecule has 1 aromatic heterocycles. The van der Waals surface area contributed by atoms with E-state index >= 15 is 0 Å². The number of amides is 1. The van der Waals surface area contributed by atoms with Gasteiger partial charge in [-0.1, -0.05) is 11.3 Å². The molecule has 0 saturated heterocycles. The van der Waals surface area contributed by atoms with Crippen molar-refractivity contribution < 1.29 is 9.72 Å². The molecule has 19 heavy (non-hydrogen) atoms. The van der Waals surface area contributed by atoms with Crippen LogP contribution >= 0.6 is 11.3 Å². The third kappa shape index (κ3) is 4.29.